The van der Waals surface area contributed by atoms with Crippen molar-refractivity contribution in [2.75, 3.05) is 13.7 Å². The Morgan fingerprint density at radius 2 is 1.75 bits per heavy atom. The van der Waals surface area contributed by atoms with E-state index in [1.807, 2.05) is 0 Å². The molecule has 10 heteroatoms. The molecule has 0 fully saturated rings. The van der Waals surface area contributed by atoms with Crippen molar-refractivity contribution in [2.24, 2.45) is 0 Å². The van der Waals surface area contributed by atoms with Crippen LogP contribution in [0.1, 0.15) is 24.2 Å². The number of carbonyl (C=O) groups excluding carboxylic acids is 1. The van der Waals surface area contributed by atoms with Crippen LogP contribution in [0.2, 0.25) is 0 Å². The number of amides is 1. The smallest absolute Gasteiger partial charge is 0.416 e. The van der Waals surface area contributed by atoms with Gasteiger partial charge in [0.15, 0.2) is 0 Å². The molecule has 0 radical (unpaired) electrons. The van der Waals surface area contributed by atoms with E-state index >= 15 is 0 Å². The van der Waals surface area contributed by atoms with Crippen LogP contribution in [-0.2, 0) is 15.7 Å². The monoisotopic (exact) mass is 501 g/mol. The first-order chi connectivity index (χ1) is 17.2. The Labute approximate surface area is 204 Å². The molecule has 0 unspecified atom stereocenters. The first kappa shape index (κ1) is 25.2. The lowest BCUT2D eigenvalue weighted by molar-refractivity contribution is -0.137. The van der Waals surface area contributed by atoms with Gasteiger partial charge in [0.25, 0.3) is 0 Å². The van der Waals surface area contributed by atoms with Crippen molar-refractivity contribution < 1.29 is 31.8 Å². The van der Waals surface area contributed by atoms with E-state index in [2.05, 4.69) is 10.4 Å². The number of methoxy groups -OCH3 is 1. The van der Waals surface area contributed by atoms with Crippen LogP contribution in [-0.4, -0.2) is 35.4 Å². The molecule has 3 aromatic carbocycles. The summed E-state index contributed by atoms with van der Waals surface area (Å²) < 4.78 is 65.1. The van der Waals surface area contributed by atoms with Gasteiger partial charge in [-0.1, -0.05) is 12.1 Å². The summed E-state index contributed by atoms with van der Waals surface area (Å²) in [4.78, 5) is 12.1. The SMILES string of the molecule is COCC(=O)N[C@@H](C)[C@H](Oc1ccc2c(cnn2-c2ccc(F)cc2)c1)c1ccc(C(F)(F)F)cc1. The van der Waals surface area contributed by atoms with Crippen LogP contribution in [0.4, 0.5) is 17.6 Å². The van der Waals surface area contributed by atoms with Crippen LogP contribution in [0.3, 0.4) is 0 Å². The molecule has 4 aromatic rings. The summed E-state index contributed by atoms with van der Waals surface area (Å²) in [6.07, 6.45) is -3.64. The second-order valence-corrected chi connectivity index (χ2v) is 8.20. The summed E-state index contributed by atoms with van der Waals surface area (Å²) in [5.74, 6) is -0.313. The highest BCUT2D eigenvalue weighted by molar-refractivity contribution is 5.82. The second-order valence-electron chi connectivity index (χ2n) is 8.20. The first-order valence-corrected chi connectivity index (χ1v) is 11.0. The molecule has 4 rings (SSSR count). The van der Waals surface area contributed by atoms with Crippen molar-refractivity contribution in [3.63, 3.8) is 0 Å². The van der Waals surface area contributed by atoms with Gasteiger partial charge >= 0.3 is 6.18 Å². The minimum atomic E-state index is -4.47. The molecule has 0 saturated heterocycles. The number of alkyl halides is 3. The lowest BCUT2D eigenvalue weighted by atomic mass is 10.0. The van der Waals surface area contributed by atoms with Crippen LogP contribution in [0, 0.1) is 5.82 Å². The molecule has 0 spiro atoms. The van der Waals surface area contributed by atoms with E-state index in [-0.39, 0.29) is 18.3 Å². The fourth-order valence-electron chi connectivity index (χ4n) is 3.84. The summed E-state index contributed by atoms with van der Waals surface area (Å²) in [7, 11) is 1.38. The van der Waals surface area contributed by atoms with Gasteiger partial charge in [-0.2, -0.15) is 18.3 Å². The van der Waals surface area contributed by atoms with E-state index < -0.39 is 23.9 Å². The number of aromatic nitrogens is 2. The van der Waals surface area contributed by atoms with E-state index in [0.29, 0.717) is 17.0 Å². The molecule has 0 aliphatic carbocycles. The van der Waals surface area contributed by atoms with Crippen LogP contribution in [0.25, 0.3) is 16.6 Å². The lowest BCUT2D eigenvalue weighted by Gasteiger charge is -2.27. The Hall–Kier alpha value is -3.92. The van der Waals surface area contributed by atoms with Gasteiger partial charge in [-0.15, -0.1) is 0 Å². The molecule has 0 aliphatic rings. The molecule has 0 aliphatic heterocycles. The van der Waals surface area contributed by atoms with Crippen molar-refractivity contribution >= 4 is 16.8 Å². The van der Waals surface area contributed by atoms with Crippen LogP contribution >= 0.6 is 0 Å². The van der Waals surface area contributed by atoms with Crippen molar-refractivity contribution in [2.45, 2.75) is 25.2 Å². The predicted octanol–water partition coefficient (Wildman–Crippen LogP) is 5.45. The third-order valence-corrected chi connectivity index (χ3v) is 5.56. The Morgan fingerprint density at radius 1 is 1.06 bits per heavy atom. The number of ether oxygens (including phenoxy) is 2. The standard InChI is InChI=1S/C26H23F4N3O3/c1-16(32-24(34)15-35-2)25(17-3-5-19(6-4-17)26(28,29)30)36-22-11-12-23-18(13-22)14-31-33(23)21-9-7-20(27)8-10-21/h3-14,16,25H,15H2,1-2H3,(H,32,34)/t16-,25-/m0/s1. The number of hydrogen-bond acceptors (Lipinski definition) is 4. The quantitative estimate of drug-likeness (QED) is 0.326. The second kappa shape index (κ2) is 10.4. The van der Waals surface area contributed by atoms with Gasteiger partial charge in [-0.05, 0) is 67.1 Å². The van der Waals surface area contributed by atoms with Crippen LogP contribution in [0.5, 0.6) is 5.75 Å². The van der Waals surface area contributed by atoms with Crippen LogP contribution < -0.4 is 10.1 Å². The van der Waals surface area contributed by atoms with Crippen molar-refractivity contribution in [3.8, 4) is 11.4 Å². The van der Waals surface area contributed by atoms with Gasteiger partial charge in [0.05, 0.1) is 29.0 Å². The normalized spacial score (nSPS) is 13.4. The average molecular weight is 501 g/mol. The predicted molar refractivity (Wildman–Crippen MR) is 125 cm³/mol. The van der Waals surface area contributed by atoms with E-state index in [4.69, 9.17) is 9.47 Å². The molecule has 1 aromatic heterocycles. The summed E-state index contributed by atoms with van der Waals surface area (Å²) in [6, 6.07) is 15.1. The number of hydrogen-bond donors (Lipinski definition) is 1. The lowest BCUT2D eigenvalue weighted by Crippen LogP contribution is -2.40. The van der Waals surface area contributed by atoms with Gasteiger partial charge in [-0.25, -0.2) is 9.07 Å². The number of nitrogens with zero attached hydrogens (tertiary/aromatic N) is 2. The molecular formula is C26H23F4N3O3. The molecule has 0 saturated carbocycles. The average Bonchev–Trinajstić information content (AvgIpc) is 3.26. The Kier molecular flexibility index (Phi) is 7.25. The molecule has 1 N–H and O–H groups in total. The molecule has 2 atom stereocenters. The minimum Gasteiger partial charge on any atom is -0.484 e. The Balaban J connectivity index is 1.63. The Morgan fingerprint density at radius 3 is 2.39 bits per heavy atom. The highest BCUT2D eigenvalue weighted by atomic mass is 19.4. The fourth-order valence-corrected chi connectivity index (χ4v) is 3.84. The van der Waals surface area contributed by atoms with E-state index in [0.717, 1.165) is 23.0 Å². The fraction of sp³-hybridized carbons (Fsp3) is 0.231. The van der Waals surface area contributed by atoms with E-state index in [9.17, 15) is 22.4 Å². The van der Waals surface area contributed by atoms with Gasteiger partial charge in [0.1, 0.15) is 24.3 Å². The van der Waals surface area contributed by atoms with Crippen molar-refractivity contribution in [3.05, 3.63) is 89.9 Å². The largest absolute Gasteiger partial charge is 0.484 e. The number of halogens is 4. The number of rotatable bonds is 8. The molecular weight excluding hydrogens is 478 g/mol. The maximum Gasteiger partial charge on any atom is 0.416 e. The topological polar surface area (TPSA) is 65.4 Å². The number of fused-ring (bicyclic) bond motifs is 1. The van der Waals surface area contributed by atoms with Crippen molar-refractivity contribution in [1.29, 1.82) is 0 Å². The molecule has 0 bridgehead atoms. The zero-order chi connectivity index (χ0) is 25.9. The zero-order valence-electron chi connectivity index (χ0n) is 19.4. The maximum absolute atomic E-state index is 13.3. The zero-order valence-corrected chi connectivity index (χ0v) is 19.4. The van der Waals surface area contributed by atoms with Gasteiger partial charge in [-0.3, -0.25) is 4.79 Å². The molecule has 188 valence electrons. The van der Waals surface area contributed by atoms with Gasteiger partial charge < -0.3 is 14.8 Å². The van der Waals surface area contributed by atoms with Gasteiger partial charge in [0, 0.05) is 12.5 Å². The molecule has 36 heavy (non-hydrogen) atoms. The molecule has 1 heterocycles. The van der Waals surface area contributed by atoms with E-state index in [1.54, 1.807) is 48.1 Å². The van der Waals surface area contributed by atoms with Crippen LogP contribution in [0.15, 0.2) is 72.9 Å². The number of benzene rings is 3. The first-order valence-electron chi connectivity index (χ1n) is 11.0. The Bertz CT molecular complexity index is 1340. The summed E-state index contributed by atoms with van der Waals surface area (Å²) in [6.45, 7) is 1.53. The highest BCUT2D eigenvalue weighted by Crippen LogP contribution is 2.32. The van der Waals surface area contributed by atoms with Crippen molar-refractivity contribution in [1.82, 2.24) is 15.1 Å². The maximum atomic E-state index is 13.3. The summed E-state index contributed by atoms with van der Waals surface area (Å²) >= 11 is 0. The summed E-state index contributed by atoms with van der Waals surface area (Å²) in [5, 5.41) is 7.85. The van der Waals surface area contributed by atoms with Gasteiger partial charge in [0.2, 0.25) is 5.91 Å². The summed E-state index contributed by atoms with van der Waals surface area (Å²) in [5.41, 5.74) is 1.10. The third-order valence-electron chi connectivity index (χ3n) is 5.56. The molecule has 6 nitrogen and oxygen atoms in total. The third kappa shape index (κ3) is 5.65. The highest BCUT2D eigenvalue weighted by Gasteiger charge is 2.31. The minimum absolute atomic E-state index is 0.168. The number of nitrogens with one attached hydrogen (secondary N) is 1. The van der Waals surface area contributed by atoms with E-state index in [1.165, 1.54) is 31.4 Å². The molecule has 1 amide bonds. The number of carbonyl (C=O) groups is 1.